The van der Waals surface area contributed by atoms with Gasteiger partial charge in [-0.1, -0.05) is 18.2 Å². The van der Waals surface area contributed by atoms with Gasteiger partial charge in [0, 0.05) is 26.2 Å². The molecule has 150 valence electrons. The smallest absolute Gasteiger partial charge is 0.409 e. The summed E-state index contributed by atoms with van der Waals surface area (Å²) < 4.78 is 30.8. The monoisotopic (exact) mass is 397 g/mol. The molecular formula is C18H27N3O5S. The molecule has 0 N–H and O–H groups in total. The zero-order chi connectivity index (χ0) is 20.2. The Morgan fingerprint density at radius 2 is 1.59 bits per heavy atom. The van der Waals surface area contributed by atoms with Gasteiger partial charge in [-0.2, -0.15) is 0 Å². The predicted molar refractivity (Wildman–Crippen MR) is 103 cm³/mol. The largest absolute Gasteiger partial charge is 0.450 e. The summed E-state index contributed by atoms with van der Waals surface area (Å²) in [5.41, 5.74) is 2.12. The molecule has 1 aliphatic rings. The summed E-state index contributed by atoms with van der Waals surface area (Å²) in [5.74, 6) is -0.286. The standard InChI is InChI=1S/C18H27N3O5S/c1-5-26-18(23)20-11-9-19(10-12-20)16(22)13-21(27(4,24)25)17-14(2)7-6-8-15(17)3/h6-8H,5,9-13H2,1-4H3. The van der Waals surface area contributed by atoms with Crippen molar-refractivity contribution in [3.63, 3.8) is 0 Å². The molecule has 1 aromatic rings. The highest BCUT2D eigenvalue weighted by atomic mass is 32.2. The number of nitrogens with zero attached hydrogens (tertiary/aromatic N) is 3. The Balaban J connectivity index is 2.11. The van der Waals surface area contributed by atoms with Gasteiger partial charge >= 0.3 is 6.09 Å². The van der Waals surface area contributed by atoms with E-state index in [-0.39, 0.29) is 12.5 Å². The molecule has 0 bridgehead atoms. The lowest BCUT2D eigenvalue weighted by molar-refractivity contribution is -0.131. The van der Waals surface area contributed by atoms with Gasteiger partial charge in [-0.15, -0.1) is 0 Å². The molecule has 0 aromatic heterocycles. The SMILES string of the molecule is CCOC(=O)N1CCN(C(=O)CN(c2c(C)cccc2C)S(C)(=O)=O)CC1. The number of hydrogen-bond acceptors (Lipinski definition) is 5. The van der Waals surface area contributed by atoms with Crippen LogP contribution in [0, 0.1) is 13.8 Å². The number of amides is 2. The third-order valence-corrected chi connectivity index (χ3v) is 5.64. The Morgan fingerprint density at radius 3 is 2.07 bits per heavy atom. The first-order valence-electron chi connectivity index (χ1n) is 8.88. The molecule has 1 heterocycles. The van der Waals surface area contributed by atoms with Crippen molar-refractivity contribution in [3.8, 4) is 0 Å². The minimum absolute atomic E-state index is 0.260. The second-order valence-corrected chi connectivity index (χ2v) is 8.48. The molecule has 9 heteroatoms. The molecule has 2 rings (SSSR count). The summed E-state index contributed by atoms with van der Waals surface area (Å²) in [5, 5.41) is 0. The maximum Gasteiger partial charge on any atom is 0.409 e. The van der Waals surface area contributed by atoms with E-state index >= 15 is 0 Å². The van der Waals surface area contributed by atoms with Crippen LogP contribution in [0.15, 0.2) is 18.2 Å². The van der Waals surface area contributed by atoms with Crippen molar-refractivity contribution in [3.05, 3.63) is 29.3 Å². The van der Waals surface area contributed by atoms with Crippen LogP contribution in [0.25, 0.3) is 0 Å². The van der Waals surface area contributed by atoms with Gasteiger partial charge in [0.15, 0.2) is 0 Å². The first kappa shape index (κ1) is 21.0. The number of anilines is 1. The van der Waals surface area contributed by atoms with E-state index in [1.165, 1.54) is 0 Å². The number of benzene rings is 1. The van der Waals surface area contributed by atoms with Gasteiger partial charge < -0.3 is 14.5 Å². The third-order valence-electron chi connectivity index (χ3n) is 4.53. The molecule has 0 radical (unpaired) electrons. The van der Waals surface area contributed by atoms with Crippen LogP contribution >= 0.6 is 0 Å². The lowest BCUT2D eigenvalue weighted by atomic mass is 10.1. The predicted octanol–water partition coefficient (Wildman–Crippen LogP) is 1.37. The van der Waals surface area contributed by atoms with Gasteiger partial charge in [-0.25, -0.2) is 13.2 Å². The van der Waals surface area contributed by atoms with Crippen molar-refractivity contribution >= 4 is 27.7 Å². The first-order chi connectivity index (χ1) is 12.6. The molecule has 8 nitrogen and oxygen atoms in total. The second kappa shape index (κ2) is 8.60. The van der Waals surface area contributed by atoms with Crippen LogP contribution < -0.4 is 4.31 Å². The van der Waals surface area contributed by atoms with Gasteiger partial charge in [0.2, 0.25) is 15.9 Å². The van der Waals surface area contributed by atoms with E-state index in [1.54, 1.807) is 16.7 Å². The average molecular weight is 397 g/mol. The normalized spacial score (nSPS) is 14.8. The summed E-state index contributed by atoms with van der Waals surface area (Å²) >= 11 is 0. The number of ether oxygens (including phenoxy) is 1. The van der Waals surface area contributed by atoms with Gasteiger partial charge in [0.05, 0.1) is 18.6 Å². The van der Waals surface area contributed by atoms with Crippen LogP contribution in [0.3, 0.4) is 0 Å². The highest BCUT2D eigenvalue weighted by Crippen LogP contribution is 2.26. The zero-order valence-corrected chi connectivity index (χ0v) is 17.1. The van der Waals surface area contributed by atoms with E-state index in [1.807, 2.05) is 32.0 Å². The second-order valence-electron chi connectivity index (χ2n) is 6.58. The van der Waals surface area contributed by atoms with Crippen LogP contribution in [0.4, 0.5) is 10.5 Å². The fourth-order valence-corrected chi connectivity index (χ4v) is 4.10. The van der Waals surface area contributed by atoms with Crippen molar-refractivity contribution in [2.75, 3.05) is 49.9 Å². The molecule has 1 saturated heterocycles. The van der Waals surface area contributed by atoms with Crippen LogP contribution in [0.1, 0.15) is 18.1 Å². The summed E-state index contributed by atoms with van der Waals surface area (Å²) in [7, 11) is -3.63. The number of hydrogen-bond donors (Lipinski definition) is 0. The number of rotatable bonds is 5. The maximum absolute atomic E-state index is 12.7. The molecule has 0 unspecified atom stereocenters. The zero-order valence-electron chi connectivity index (χ0n) is 16.3. The van der Waals surface area contributed by atoms with E-state index in [0.717, 1.165) is 21.7 Å². The highest BCUT2D eigenvalue weighted by molar-refractivity contribution is 7.92. The van der Waals surface area contributed by atoms with Crippen molar-refractivity contribution in [1.29, 1.82) is 0 Å². The number of aryl methyl sites for hydroxylation is 2. The third kappa shape index (κ3) is 5.12. The van der Waals surface area contributed by atoms with Gasteiger partial charge in [0.1, 0.15) is 6.54 Å². The summed E-state index contributed by atoms with van der Waals surface area (Å²) in [6.45, 7) is 6.86. The molecule has 2 amide bonds. The maximum atomic E-state index is 12.7. The Morgan fingerprint density at radius 1 is 1.07 bits per heavy atom. The fraction of sp³-hybridized carbons (Fsp3) is 0.556. The van der Waals surface area contributed by atoms with Gasteiger partial charge in [0.25, 0.3) is 0 Å². The topological polar surface area (TPSA) is 87.2 Å². The molecule has 27 heavy (non-hydrogen) atoms. The minimum atomic E-state index is -3.63. The van der Waals surface area contributed by atoms with E-state index < -0.39 is 16.1 Å². The number of para-hydroxylation sites is 1. The molecule has 1 aliphatic heterocycles. The molecule has 0 atom stereocenters. The summed E-state index contributed by atoms with van der Waals surface area (Å²) in [6, 6.07) is 5.50. The Hall–Kier alpha value is -2.29. The van der Waals surface area contributed by atoms with Gasteiger partial charge in [-0.05, 0) is 31.9 Å². The number of sulfonamides is 1. The van der Waals surface area contributed by atoms with E-state index in [9.17, 15) is 18.0 Å². The molecule has 1 fully saturated rings. The lowest BCUT2D eigenvalue weighted by Gasteiger charge is -2.35. The van der Waals surface area contributed by atoms with E-state index in [2.05, 4.69) is 0 Å². The summed E-state index contributed by atoms with van der Waals surface area (Å²) in [6.07, 6.45) is 0.711. The molecule has 0 aliphatic carbocycles. The number of piperazine rings is 1. The van der Waals surface area contributed by atoms with Crippen molar-refractivity contribution in [1.82, 2.24) is 9.80 Å². The Labute approximate surface area is 160 Å². The Bertz CT molecular complexity index is 781. The molecule has 0 spiro atoms. The van der Waals surface area contributed by atoms with E-state index in [0.29, 0.717) is 38.5 Å². The van der Waals surface area contributed by atoms with Crippen LogP contribution in [0.2, 0.25) is 0 Å². The Kier molecular flexibility index (Phi) is 6.69. The molecule has 1 aromatic carbocycles. The quantitative estimate of drug-likeness (QED) is 0.749. The van der Waals surface area contributed by atoms with Gasteiger partial charge in [-0.3, -0.25) is 9.10 Å². The summed E-state index contributed by atoms with van der Waals surface area (Å²) in [4.78, 5) is 27.6. The number of carbonyl (C=O) groups is 2. The fourth-order valence-electron chi connectivity index (χ4n) is 3.14. The van der Waals surface area contributed by atoms with Crippen molar-refractivity contribution < 1.29 is 22.7 Å². The minimum Gasteiger partial charge on any atom is -0.450 e. The number of carbonyl (C=O) groups excluding carboxylic acids is 2. The lowest BCUT2D eigenvalue weighted by Crippen LogP contribution is -2.53. The highest BCUT2D eigenvalue weighted by Gasteiger charge is 2.29. The molecular weight excluding hydrogens is 370 g/mol. The van der Waals surface area contributed by atoms with Crippen molar-refractivity contribution in [2.45, 2.75) is 20.8 Å². The van der Waals surface area contributed by atoms with E-state index in [4.69, 9.17) is 4.74 Å². The van der Waals surface area contributed by atoms with Crippen molar-refractivity contribution in [2.24, 2.45) is 0 Å². The van der Waals surface area contributed by atoms with Crippen LogP contribution in [-0.2, 0) is 19.6 Å². The van der Waals surface area contributed by atoms with Crippen LogP contribution in [-0.4, -0.2) is 75.8 Å². The molecule has 0 saturated carbocycles. The first-order valence-corrected chi connectivity index (χ1v) is 10.7. The van der Waals surface area contributed by atoms with Crippen LogP contribution in [0.5, 0.6) is 0 Å². The average Bonchev–Trinajstić information content (AvgIpc) is 2.60.